The maximum Gasteiger partial charge on any atom is 0.342 e. The van der Waals surface area contributed by atoms with Gasteiger partial charge in [0.25, 0.3) is 0 Å². The molecule has 0 amide bonds. The number of carbonyl (C=O) groups is 1. The highest BCUT2D eigenvalue weighted by Gasteiger charge is 2.20. The summed E-state index contributed by atoms with van der Waals surface area (Å²) in [4.78, 5) is 10.7. The van der Waals surface area contributed by atoms with Crippen LogP contribution in [0.4, 0.5) is 8.78 Å². The molecule has 0 radical (unpaired) electrons. The van der Waals surface area contributed by atoms with Crippen LogP contribution in [0, 0.1) is 11.6 Å². The molecule has 1 aromatic carbocycles. The quantitative estimate of drug-likeness (QED) is 0.840. The van der Waals surface area contributed by atoms with Gasteiger partial charge < -0.3 is 9.84 Å². The maximum atomic E-state index is 13.1. The van der Waals surface area contributed by atoms with Crippen LogP contribution in [0.25, 0.3) is 0 Å². The summed E-state index contributed by atoms with van der Waals surface area (Å²) < 4.78 is 30.8. The van der Waals surface area contributed by atoms with Crippen LogP contribution in [0.5, 0.6) is 5.75 Å². The van der Waals surface area contributed by atoms with Gasteiger partial charge in [0.1, 0.15) is 11.3 Å². The van der Waals surface area contributed by atoms with Crippen molar-refractivity contribution < 1.29 is 23.4 Å². The molecular formula is C10H10F2O3. The van der Waals surface area contributed by atoms with Crippen molar-refractivity contribution in [2.45, 2.75) is 13.3 Å². The van der Waals surface area contributed by atoms with Crippen LogP contribution in [0.15, 0.2) is 12.1 Å². The van der Waals surface area contributed by atoms with Crippen molar-refractivity contribution in [2.75, 3.05) is 6.61 Å². The number of hydrogen-bond donors (Lipinski definition) is 1. The summed E-state index contributed by atoms with van der Waals surface area (Å²) in [5.74, 6) is -4.28. The number of aromatic carboxylic acids is 1. The van der Waals surface area contributed by atoms with E-state index in [4.69, 9.17) is 9.84 Å². The fraction of sp³-hybridized carbons (Fsp3) is 0.300. The third-order valence-electron chi connectivity index (χ3n) is 1.73. The molecule has 0 aromatic heterocycles. The Hall–Kier alpha value is -1.65. The second-order valence-corrected chi connectivity index (χ2v) is 2.89. The molecule has 0 fully saturated rings. The number of benzene rings is 1. The molecule has 1 aromatic rings. The summed E-state index contributed by atoms with van der Waals surface area (Å²) in [6, 6.07) is 1.95. The van der Waals surface area contributed by atoms with Gasteiger partial charge in [-0.1, -0.05) is 6.92 Å². The van der Waals surface area contributed by atoms with Crippen LogP contribution < -0.4 is 4.74 Å². The van der Waals surface area contributed by atoms with E-state index < -0.39 is 23.2 Å². The molecular weight excluding hydrogens is 206 g/mol. The van der Waals surface area contributed by atoms with Gasteiger partial charge in [-0.05, 0) is 18.6 Å². The summed E-state index contributed by atoms with van der Waals surface area (Å²) >= 11 is 0. The number of carboxylic acids is 1. The minimum absolute atomic E-state index is 0.150. The van der Waals surface area contributed by atoms with E-state index in [0.29, 0.717) is 6.42 Å². The zero-order valence-electron chi connectivity index (χ0n) is 8.09. The van der Waals surface area contributed by atoms with Crippen LogP contribution >= 0.6 is 0 Å². The summed E-state index contributed by atoms with van der Waals surface area (Å²) in [7, 11) is 0. The van der Waals surface area contributed by atoms with Crippen LogP contribution in [0.1, 0.15) is 23.7 Å². The molecule has 0 aliphatic rings. The molecule has 0 atom stereocenters. The predicted octanol–water partition coefficient (Wildman–Crippen LogP) is 2.45. The normalized spacial score (nSPS) is 10.1. The van der Waals surface area contributed by atoms with Crippen LogP contribution in [-0.2, 0) is 0 Å². The molecule has 5 heteroatoms. The highest BCUT2D eigenvalue weighted by molar-refractivity contribution is 5.91. The Morgan fingerprint density at radius 3 is 2.67 bits per heavy atom. The topological polar surface area (TPSA) is 46.5 Å². The standard InChI is InChI=1S/C10H10F2O3/c1-2-5-15-7-4-3-6(11)9(12)8(7)10(13)14/h3-4H,2,5H2,1H3,(H,13,14). The SMILES string of the molecule is CCCOc1ccc(F)c(F)c1C(=O)O. The molecule has 0 saturated heterocycles. The molecule has 3 nitrogen and oxygen atoms in total. The molecule has 1 N–H and O–H groups in total. The van der Waals surface area contributed by atoms with Crippen molar-refractivity contribution in [3.05, 3.63) is 29.3 Å². The zero-order chi connectivity index (χ0) is 11.4. The first-order valence-electron chi connectivity index (χ1n) is 4.42. The number of ether oxygens (including phenoxy) is 1. The highest BCUT2D eigenvalue weighted by atomic mass is 19.2. The third kappa shape index (κ3) is 2.43. The van der Waals surface area contributed by atoms with Crippen LogP contribution in [0.3, 0.4) is 0 Å². The molecule has 0 aliphatic carbocycles. The van der Waals surface area contributed by atoms with E-state index in [1.807, 2.05) is 6.92 Å². The van der Waals surface area contributed by atoms with Crippen molar-refractivity contribution in [2.24, 2.45) is 0 Å². The predicted molar refractivity (Wildman–Crippen MR) is 49.1 cm³/mol. The average Bonchev–Trinajstić information content (AvgIpc) is 2.19. The number of rotatable bonds is 4. The van der Waals surface area contributed by atoms with Crippen LogP contribution in [0.2, 0.25) is 0 Å². The zero-order valence-corrected chi connectivity index (χ0v) is 8.09. The molecule has 0 aliphatic heterocycles. The molecule has 15 heavy (non-hydrogen) atoms. The molecule has 0 bridgehead atoms. The van der Waals surface area contributed by atoms with E-state index in [-0.39, 0.29) is 12.4 Å². The van der Waals surface area contributed by atoms with E-state index in [1.54, 1.807) is 0 Å². The van der Waals surface area contributed by atoms with E-state index in [0.717, 1.165) is 12.1 Å². The van der Waals surface area contributed by atoms with Gasteiger partial charge in [0.05, 0.1) is 6.61 Å². The lowest BCUT2D eigenvalue weighted by Crippen LogP contribution is -2.08. The highest BCUT2D eigenvalue weighted by Crippen LogP contribution is 2.23. The Kier molecular flexibility index (Phi) is 3.60. The Morgan fingerprint density at radius 1 is 1.47 bits per heavy atom. The second-order valence-electron chi connectivity index (χ2n) is 2.89. The van der Waals surface area contributed by atoms with Crippen molar-refractivity contribution >= 4 is 5.97 Å². The summed E-state index contributed by atoms with van der Waals surface area (Å²) in [6.45, 7) is 2.08. The lowest BCUT2D eigenvalue weighted by atomic mass is 10.2. The van der Waals surface area contributed by atoms with Gasteiger partial charge in [-0.15, -0.1) is 0 Å². The van der Waals surface area contributed by atoms with Gasteiger partial charge in [0.2, 0.25) is 0 Å². The molecule has 82 valence electrons. The summed E-state index contributed by atoms with van der Waals surface area (Å²) in [5.41, 5.74) is -0.761. The molecule has 0 heterocycles. The van der Waals surface area contributed by atoms with E-state index in [9.17, 15) is 13.6 Å². The van der Waals surface area contributed by atoms with E-state index in [1.165, 1.54) is 0 Å². The lowest BCUT2D eigenvalue weighted by molar-refractivity contribution is 0.0685. The van der Waals surface area contributed by atoms with E-state index >= 15 is 0 Å². The van der Waals surface area contributed by atoms with Gasteiger partial charge in [-0.25, -0.2) is 13.6 Å². The smallest absolute Gasteiger partial charge is 0.342 e. The fourth-order valence-electron chi connectivity index (χ4n) is 1.06. The van der Waals surface area contributed by atoms with Gasteiger partial charge in [0.15, 0.2) is 11.6 Å². The monoisotopic (exact) mass is 216 g/mol. The first kappa shape index (κ1) is 11.4. The molecule has 0 saturated carbocycles. The maximum absolute atomic E-state index is 13.1. The first-order valence-corrected chi connectivity index (χ1v) is 4.42. The Balaban J connectivity index is 3.15. The van der Waals surface area contributed by atoms with Crippen molar-refractivity contribution in [3.8, 4) is 5.75 Å². The summed E-state index contributed by atoms with van der Waals surface area (Å²) in [5, 5.41) is 8.68. The molecule has 1 rings (SSSR count). The minimum atomic E-state index is -1.54. The average molecular weight is 216 g/mol. The Bertz CT molecular complexity index is 377. The third-order valence-corrected chi connectivity index (χ3v) is 1.73. The fourth-order valence-corrected chi connectivity index (χ4v) is 1.06. The first-order chi connectivity index (χ1) is 7.07. The van der Waals surface area contributed by atoms with E-state index in [2.05, 4.69) is 0 Å². The summed E-state index contributed by atoms with van der Waals surface area (Å²) in [6.07, 6.45) is 0.651. The van der Waals surface area contributed by atoms with Crippen molar-refractivity contribution in [3.63, 3.8) is 0 Å². The molecule has 0 unspecified atom stereocenters. The van der Waals surface area contributed by atoms with Gasteiger partial charge in [-0.2, -0.15) is 0 Å². The molecule has 0 spiro atoms. The second kappa shape index (κ2) is 4.72. The van der Waals surface area contributed by atoms with Gasteiger partial charge in [0, 0.05) is 0 Å². The Morgan fingerprint density at radius 2 is 2.13 bits per heavy atom. The van der Waals surface area contributed by atoms with Crippen molar-refractivity contribution in [1.82, 2.24) is 0 Å². The number of halogens is 2. The largest absolute Gasteiger partial charge is 0.493 e. The van der Waals surface area contributed by atoms with Gasteiger partial charge in [-0.3, -0.25) is 0 Å². The Labute approximate surface area is 85.3 Å². The van der Waals surface area contributed by atoms with Crippen LogP contribution in [-0.4, -0.2) is 17.7 Å². The lowest BCUT2D eigenvalue weighted by Gasteiger charge is -2.08. The number of carboxylic acid groups (broad SMARTS) is 1. The van der Waals surface area contributed by atoms with Gasteiger partial charge >= 0.3 is 5.97 Å². The minimum Gasteiger partial charge on any atom is -0.493 e. The number of hydrogen-bond acceptors (Lipinski definition) is 2. The van der Waals surface area contributed by atoms with Crippen molar-refractivity contribution in [1.29, 1.82) is 0 Å².